The lowest BCUT2D eigenvalue weighted by Crippen LogP contribution is -2.46. The Morgan fingerprint density at radius 2 is 1.87 bits per heavy atom. The van der Waals surface area contributed by atoms with Crippen molar-refractivity contribution < 1.29 is 28.7 Å². The first-order valence-electron chi connectivity index (χ1n) is 6.83. The Kier molecular flexibility index (Phi) is 6.72. The highest BCUT2D eigenvalue weighted by molar-refractivity contribution is 6.00. The lowest BCUT2D eigenvalue weighted by Gasteiger charge is -2.15. The van der Waals surface area contributed by atoms with E-state index in [0.717, 1.165) is 0 Å². The summed E-state index contributed by atoms with van der Waals surface area (Å²) in [6.45, 7) is 1.77. The van der Waals surface area contributed by atoms with Crippen molar-refractivity contribution in [1.29, 1.82) is 0 Å². The molecule has 8 nitrogen and oxygen atoms in total. The molecule has 3 N–H and O–H groups in total. The van der Waals surface area contributed by atoms with E-state index in [9.17, 15) is 19.2 Å². The van der Waals surface area contributed by atoms with Gasteiger partial charge in [0.1, 0.15) is 6.04 Å². The van der Waals surface area contributed by atoms with Crippen LogP contribution in [0.25, 0.3) is 0 Å². The van der Waals surface area contributed by atoms with Crippen LogP contribution in [-0.4, -0.2) is 43.5 Å². The van der Waals surface area contributed by atoms with Crippen LogP contribution >= 0.6 is 0 Å². The predicted molar refractivity (Wildman–Crippen MR) is 79.5 cm³/mol. The molecule has 8 heteroatoms. The van der Waals surface area contributed by atoms with Crippen molar-refractivity contribution in [1.82, 2.24) is 5.32 Å². The molecule has 0 aliphatic rings. The third-order valence-electron chi connectivity index (χ3n) is 2.87. The number of nitrogens with two attached hydrogens (primary N) is 1. The van der Waals surface area contributed by atoms with E-state index >= 15 is 0 Å². The fourth-order valence-corrected chi connectivity index (χ4v) is 1.76. The van der Waals surface area contributed by atoms with Crippen molar-refractivity contribution in [3.63, 3.8) is 0 Å². The highest BCUT2D eigenvalue weighted by Gasteiger charge is 2.23. The molecule has 2 amide bonds. The topological polar surface area (TPSA) is 125 Å². The lowest BCUT2D eigenvalue weighted by atomic mass is 10.1. The van der Waals surface area contributed by atoms with Gasteiger partial charge in [0.15, 0.2) is 0 Å². The lowest BCUT2D eigenvalue weighted by molar-refractivity contribution is -0.145. The third kappa shape index (κ3) is 5.42. The molecule has 23 heavy (non-hydrogen) atoms. The first-order chi connectivity index (χ1) is 10.9. The molecule has 0 aliphatic carbocycles. The molecule has 0 aliphatic heterocycles. The van der Waals surface area contributed by atoms with Gasteiger partial charge in [-0.2, -0.15) is 0 Å². The Labute approximate surface area is 132 Å². The standard InChI is InChI=1S/C15H18N2O6/c1-3-23-12(18)8-11(13(16)19)17-14(20)9-5-4-6-10(7-9)15(21)22-2/h4-7,11H,3,8H2,1-2H3,(H2,16,19)(H,17,20)/t11-/m0/s1. The number of hydrogen-bond acceptors (Lipinski definition) is 6. The number of esters is 2. The Hall–Kier alpha value is -2.90. The monoisotopic (exact) mass is 322 g/mol. The first-order valence-corrected chi connectivity index (χ1v) is 6.83. The Morgan fingerprint density at radius 3 is 2.43 bits per heavy atom. The number of carbonyl (C=O) groups excluding carboxylic acids is 4. The molecule has 0 saturated heterocycles. The van der Waals surface area contributed by atoms with E-state index in [-0.39, 0.29) is 24.2 Å². The molecule has 0 spiro atoms. The van der Waals surface area contributed by atoms with Gasteiger partial charge < -0.3 is 20.5 Å². The molecular formula is C15H18N2O6. The number of amides is 2. The van der Waals surface area contributed by atoms with Crippen LogP contribution < -0.4 is 11.1 Å². The van der Waals surface area contributed by atoms with Gasteiger partial charge in [0.05, 0.1) is 25.7 Å². The number of nitrogens with one attached hydrogen (secondary N) is 1. The van der Waals surface area contributed by atoms with E-state index in [1.165, 1.54) is 31.4 Å². The van der Waals surface area contributed by atoms with Crippen LogP contribution in [0.4, 0.5) is 0 Å². The zero-order chi connectivity index (χ0) is 17.4. The van der Waals surface area contributed by atoms with Crippen LogP contribution in [0.15, 0.2) is 24.3 Å². The van der Waals surface area contributed by atoms with Crippen LogP contribution in [0, 0.1) is 0 Å². The Balaban J connectivity index is 2.85. The van der Waals surface area contributed by atoms with Crippen molar-refractivity contribution in [2.75, 3.05) is 13.7 Å². The van der Waals surface area contributed by atoms with Crippen molar-refractivity contribution in [2.45, 2.75) is 19.4 Å². The molecule has 0 bridgehead atoms. The Bertz CT molecular complexity index is 614. The van der Waals surface area contributed by atoms with Gasteiger partial charge in [-0.05, 0) is 25.1 Å². The molecule has 124 valence electrons. The molecular weight excluding hydrogens is 304 g/mol. The van der Waals surface area contributed by atoms with Gasteiger partial charge in [-0.1, -0.05) is 6.07 Å². The minimum atomic E-state index is -1.21. The number of hydrogen-bond donors (Lipinski definition) is 2. The number of primary amides is 1. The summed E-state index contributed by atoms with van der Waals surface area (Å²) in [7, 11) is 1.22. The maximum atomic E-state index is 12.1. The zero-order valence-electron chi connectivity index (χ0n) is 12.8. The minimum absolute atomic E-state index is 0.128. The summed E-state index contributed by atoms with van der Waals surface area (Å²) < 4.78 is 9.28. The van der Waals surface area contributed by atoms with Crippen LogP contribution in [0.3, 0.4) is 0 Å². The SMILES string of the molecule is CCOC(=O)C[C@H](NC(=O)c1cccc(C(=O)OC)c1)C(N)=O. The molecule has 0 fully saturated rings. The van der Waals surface area contributed by atoms with Gasteiger partial charge in [0.25, 0.3) is 5.91 Å². The van der Waals surface area contributed by atoms with Crippen molar-refractivity contribution in [3.8, 4) is 0 Å². The van der Waals surface area contributed by atoms with E-state index < -0.39 is 29.8 Å². The van der Waals surface area contributed by atoms with E-state index in [0.29, 0.717) is 0 Å². The number of methoxy groups -OCH3 is 1. The van der Waals surface area contributed by atoms with E-state index in [1.54, 1.807) is 6.92 Å². The molecule has 0 heterocycles. The van der Waals surface area contributed by atoms with Gasteiger partial charge in [0, 0.05) is 5.56 Å². The maximum absolute atomic E-state index is 12.1. The number of carbonyl (C=O) groups is 4. The molecule has 1 aromatic rings. The minimum Gasteiger partial charge on any atom is -0.466 e. The summed E-state index contributed by atoms with van der Waals surface area (Å²) in [5.41, 5.74) is 5.48. The zero-order valence-corrected chi connectivity index (χ0v) is 12.8. The average Bonchev–Trinajstić information content (AvgIpc) is 2.53. The summed E-state index contributed by atoms with van der Waals surface area (Å²) in [5, 5.41) is 2.34. The van der Waals surface area contributed by atoms with Gasteiger partial charge in [-0.15, -0.1) is 0 Å². The van der Waals surface area contributed by atoms with E-state index in [1.807, 2.05) is 0 Å². The maximum Gasteiger partial charge on any atom is 0.337 e. The van der Waals surface area contributed by atoms with Crippen LogP contribution in [-0.2, 0) is 19.1 Å². The van der Waals surface area contributed by atoms with Crippen molar-refractivity contribution in [2.24, 2.45) is 5.73 Å². The molecule has 0 aromatic heterocycles. The summed E-state index contributed by atoms with van der Waals surface area (Å²) in [6, 6.07) is 4.52. The average molecular weight is 322 g/mol. The summed E-state index contributed by atoms with van der Waals surface area (Å²) in [4.78, 5) is 46.4. The summed E-state index contributed by atoms with van der Waals surface area (Å²) in [5.74, 6) is -2.77. The molecule has 1 rings (SSSR count). The van der Waals surface area contributed by atoms with Gasteiger partial charge >= 0.3 is 11.9 Å². The second-order valence-corrected chi connectivity index (χ2v) is 4.51. The second kappa shape index (κ2) is 8.52. The summed E-state index contributed by atoms with van der Waals surface area (Å²) >= 11 is 0. The smallest absolute Gasteiger partial charge is 0.337 e. The van der Waals surface area contributed by atoms with Crippen LogP contribution in [0.2, 0.25) is 0 Å². The summed E-state index contributed by atoms with van der Waals surface area (Å²) in [6.07, 6.45) is -0.369. The number of ether oxygens (including phenoxy) is 2. The van der Waals surface area contributed by atoms with Crippen LogP contribution in [0.5, 0.6) is 0 Å². The fraction of sp³-hybridized carbons (Fsp3) is 0.333. The molecule has 0 radical (unpaired) electrons. The van der Waals surface area contributed by atoms with Crippen LogP contribution in [0.1, 0.15) is 34.1 Å². The Morgan fingerprint density at radius 1 is 1.22 bits per heavy atom. The van der Waals surface area contributed by atoms with Gasteiger partial charge in [-0.3, -0.25) is 14.4 Å². The highest BCUT2D eigenvalue weighted by atomic mass is 16.5. The molecule has 1 aromatic carbocycles. The third-order valence-corrected chi connectivity index (χ3v) is 2.87. The normalized spacial score (nSPS) is 11.2. The van der Waals surface area contributed by atoms with Crippen molar-refractivity contribution in [3.05, 3.63) is 35.4 Å². The molecule has 0 saturated carbocycles. The largest absolute Gasteiger partial charge is 0.466 e. The highest BCUT2D eigenvalue weighted by Crippen LogP contribution is 2.07. The van der Waals surface area contributed by atoms with E-state index in [4.69, 9.17) is 10.5 Å². The number of rotatable bonds is 7. The number of benzene rings is 1. The first kappa shape index (κ1) is 18.1. The van der Waals surface area contributed by atoms with E-state index in [2.05, 4.69) is 10.1 Å². The van der Waals surface area contributed by atoms with Gasteiger partial charge in [-0.25, -0.2) is 4.79 Å². The quantitative estimate of drug-likeness (QED) is 0.681. The predicted octanol–water partition coefficient (Wildman–Crippen LogP) is 0.0101. The fourth-order valence-electron chi connectivity index (χ4n) is 1.76. The van der Waals surface area contributed by atoms with Crippen molar-refractivity contribution >= 4 is 23.8 Å². The molecule has 1 atom stereocenters. The van der Waals surface area contributed by atoms with Gasteiger partial charge in [0.2, 0.25) is 5.91 Å². The second-order valence-electron chi connectivity index (χ2n) is 4.51. The molecule has 0 unspecified atom stereocenters.